The van der Waals surface area contributed by atoms with Gasteiger partial charge in [0.15, 0.2) is 11.0 Å². The number of rotatable bonds is 4. The van der Waals surface area contributed by atoms with Crippen molar-refractivity contribution in [1.29, 1.82) is 0 Å². The summed E-state index contributed by atoms with van der Waals surface area (Å²) in [6.07, 6.45) is -2.49. The van der Waals surface area contributed by atoms with Crippen LogP contribution >= 0.6 is 12.2 Å². The topological polar surface area (TPSA) is 123 Å². The summed E-state index contributed by atoms with van der Waals surface area (Å²) < 4.78 is 11.9. The van der Waals surface area contributed by atoms with Gasteiger partial charge in [0, 0.05) is 12.3 Å². The number of hydrogen-bond donors (Lipinski definition) is 4. The molecule has 1 aliphatic heterocycles. The van der Waals surface area contributed by atoms with Crippen LogP contribution in [0.25, 0.3) is 0 Å². The molecular formula is C10H15N3O5S. The molecule has 2 heterocycles. The molecule has 1 aliphatic rings. The smallest absolute Gasteiger partial charge is 0.251 e. The van der Waals surface area contributed by atoms with Crippen molar-refractivity contribution >= 4 is 12.2 Å². The van der Waals surface area contributed by atoms with Gasteiger partial charge in [-0.15, -0.1) is 0 Å². The third kappa shape index (κ3) is 2.91. The van der Waals surface area contributed by atoms with E-state index < -0.39 is 24.5 Å². The fraction of sp³-hybridized carbons (Fsp3) is 0.600. The number of ether oxygens (including phenoxy) is 2. The maximum absolute atomic E-state index is 11.1. The van der Waals surface area contributed by atoms with E-state index in [2.05, 4.69) is 4.98 Å². The number of nitrogens with two attached hydrogens (primary N) is 1. The van der Waals surface area contributed by atoms with Gasteiger partial charge in [-0.1, -0.05) is 0 Å². The van der Waals surface area contributed by atoms with Gasteiger partial charge in [0.1, 0.15) is 18.3 Å². The van der Waals surface area contributed by atoms with Crippen molar-refractivity contribution in [2.24, 2.45) is 5.73 Å². The van der Waals surface area contributed by atoms with Crippen LogP contribution in [0.15, 0.2) is 17.1 Å². The summed E-state index contributed by atoms with van der Waals surface area (Å²) in [4.78, 5) is 13.5. The predicted molar refractivity (Wildman–Crippen MR) is 66.8 cm³/mol. The molecule has 0 aliphatic carbocycles. The molecule has 0 amide bonds. The Labute approximate surface area is 113 Å². The van der Waals surface area contributed by atoms with E-state index >= 15 is 0 Å². The molecule has 19 heavy (non-hydrogen) atoms. The lowest BCUT2D eigenvalue weighted by Crippen LogP contribution is -2.34. The predicted octanol–water partition coefficient (Wildman–Crippen LogP) is -1.54. The van der Waals surface area contributed by atoms with Gasteiger partial charge in [0.2, 0.25) is 0 Å². The average Bonchev–Trinajstić information content (AvgIpc) is 2.64. The molecule has 0 aromatic carbocycles. The average molecular weight is 289 g/mol. The first-order chi connectivity index (χ1) is 9.04. The van der Waals surface area contributed by atoms with E-state index in [1.54, 1.807) is 0 Å². The number of nitrogens with zero attached hydrogens (tertiary/aromatic N) is 1. The largest absolute Gasteiger partial charge is 0.387 e. The highest BCUT2D eigenvalue weighted by Crippen LogP contribution is 2.29. The van der Waals surface area contributed by atoms with Crippen LogP contribution in [0.3, 0.4) is 0 Å². The maximum atomic E-state index is 11.1. The zero-order chi connectivity index (χ0) is 14.0. The lowest BCUT2D eigenvalue weighted by atomic mass is 10.1. The van der Waals surface area contributed by atoms with Crippen LogP contribution in [-0.4, -0.2) is 51.4 Å². The Morgan fingerprint density at radius 1 is 1.53 bits per heavy atom. The second-order valence-corrected chi connectivity index (χ2v) is 4.49. The first-order valence-corrected chi connectivity index (χ1v) is 6.06. The molecular weight excluding hydrogens is 274 g/mol. The van der Waals surface area contributed by atoms with Crippen molar-refractivity contribution in [3.8, 4) is 0 Å². The summed E-state index contributed by atoms with van der Waals surface area (Å²) in [7, 11) is 0. The molecule has 0 radical (unpaired) electrons. The summed E-state index contributed by atoms with van der Waals surface area (Å²) in [5.74, 6) is 0. The number of nitrogens with one attached hydrogen (secondary N) is 1. The van der Waals surface area contributed by atoms with Crippen LogP contribution in [-0.2, 0) is 9.47 Å². The highest BCUT2D eigenvalue weighted by Gasteiger charge is 2.43. The second-order valence-electron chi connectivity index (χ2n) is 4.10. The Morgan fingerprint density at radius 3 is 2.89 bits per heavy atom. The first kappa shape index (κ1) is 14.3. The fourth-order valence-corrected chi connectivity index (χ4v) is 2.17. The molecule has 1 fully saturated rings. The number of H-pyrrole nitrogens is 1. The minimum atomic E-state index is -1.18. The molecule has 9 heteroatoms. The fourth-order valence-electron chi connectivity index (χ4n) is 1.91. The minimum absolute atomic E-state index is 0.00850. The van der Waals surface area contributed by atoms with Gasteiger partial charge >= 0.3 is 0 Å². The van der Waals surface area contributed by atoms with Crippen molar-refractivity contribution in [2.45, 2.75) is 24.5 Å². The zero-order valence-corrected chi connectivity index (χ0v) is 10.7. The summed E-state index contributed by atoms with van der Waals surface area (Å²) in [6.45, 7) is 0.0489. The van der Waals surface area contributed by atoms with Crippen LogP contribution in [0, 0.1) is 4.77 Å². The molecule has 0 saturated carbocycles. The highest BCUT2D eigenvalue weighted by molar-refractivity contribution is 7.71. The molecule has 106 valence electrons. The van der Waals surface area contributed by atoms with E-state index in [1.165, 1.54) is 16.8 Å². The van der Waals surface area contributed by atoms with Crippen molar-refractivity contribution in [1.82, 2.24) is 9.55 Å². The van der Waals surface area contributed by atoms with Gasteiger partial charge in [-0.25, -0.2) is 0 Å². The zero-order valence-electron chi connectivity index (χ0n) is 9.93. The highest BCUT2D eigenvalue weighted by atomic mass is 32.1. The molecule has 2 rings (SSSR count). The van der Waals surface area contributed by atoms with E-state index in [0.29, 0.717) is 0 Å². The van der Waals surface area contributed by atoms with Crippen molar-refractivity contribution in [2.75, 3.05) is 13.3 Å². The SMILES string of the molecule is NCOC[C@H]1O[C@@H](n2ccc(=O)[nH]c2=S)[C@H](O)[C@@H]1O. The molecule has 0 unspecified atom stereocenters. The van der Waals surface area contributed by atoms with Crippen LogP contribution in [0.5, 0.6) is 0 Å². The first-order valence-electron chi connectivity index (χ1n) is 5.65. The molecule has 1 aromatic rings. The van der Waals surface area contributed by atoms with Gasteiger partial charge < -0.3 is 25.4 Å². The number of aromatic nitrogens is 2. The van der Waals surface area contributed by atoms with Gasteiger partial charge in [-0.3, -0.25) is 14.3 Å². The molecule has 8 nitrogen and oxygen atoms in total. The van der Waals surface area contributed by atoms with Gasteiger partial charge in [-0.05, 0) is 12.2 Å². The Bertz CT molecular complexity index is 544. The Kier molecular flexibility index (Phi) is 4.45. The summed E-state index contributed by atoms with van der Waals surface area (Å²) in [6, 6.07) is 1.25. The van der Waals surface area contributed by atoms with Crippen LogP contribution in [0.4, 0.5) is 0 Å². The molecule has 4 atom stereocenters. The van der Waals surface area contributed by atoms with Crippen molar-refractivity contribution < 1.29 is 19.7 Å². The second kappa shape index (κ2) is 5.90. The monoisotopic (exact) mass is 289 g/mol. The quantitative estimate of drug-likeness (QED) is 0.391. The molecule has 0 bridgehead atoms. The lowest BCUT2D eigenvalue weighted by Gasteiger charge is -2.17. The van der Waals surface area contributed by atoms with Crippen LogP contribution < -0.4 is 11.3 Å². The van der Waals surface area contributed by atoms with Crippen LogP contribution in [0.1, 0.15) is 6.23 Å². The number of aliphatic hydroxyl groups excluding tert-OH is 2. The summed E-state index contributed by atoms with van der Waals surface area (Å²) in [5.41, 5.74) is 4.84. The minimum Gasteiger partial charge on any atom is -0.387 e. The van der Waals surface area contributed by atoms with E-state index in [0.717, 1.165) is 0 Å². The van der Waals surface area contributed by atoms with Crippen molar-refractivity contribution in [3.63, 3.8) is 0 Å². The molecule has 0 spiro atoms. The van der Waals surface area contributed by atoms with E-state index in [1.807, 2.05) is 0 Å². The Balaban J connectivity index is 2.21. The summed E-state index contributed by atoms with van der Waals surface area (Å²) in [5, 5.41) is 19.8. The number of aromatic amines is 1. The number of aliphatic hydroxyl groups is 2. The molecule has 5 N–H and O–H groups in total. The maximum Gasteiger partial charge on any atom is 0.251 e. The summed E-state index contributed by atoms with van der Waals surface area (Å²) >= 11 is 4.98. The van der Waals surface area contributed by atoms with Crippen LogP contribution in [0.2, 0.25) is 0 Å². The standard InChI is InChI=1S/C10H15N3O5S/c11-4-17-3-5-7(15)8(16)9(18-5)13-2-1-6(14)12-10(13)19/h1-2,5,7-9,15-16H,3-4,11H2,(H,12,14,19)/t5-,7-,8-,9-/m1/s1. The third-order valence-electron chi connectivity index (χ3n) is 2.86. The van der Waals surface area contributed by atoms with E-state index in [-0.39, 0.29) is 23.7 Å². The van der Waals surface area contributed by atoms with E-state index in [9.17, 15) is 15.0 Å². The number of hydrogen-bond acceptors (Lipinski definition) is 7. The normalized spacial score (nSPS) is 30.7. The third-order valence-corrected chi connectivity index (χ3v) is 3.18. The Morgan fingerprint density at radius 2 is 2.26 bits per heavy atom. The lowest BCUT2D eigenvalue weighted by molar-refractivity contribution is -0.0669. The Hall–Kier alpha value is -1.10. The van der Waals surface area contributed by atoms with Crippen molar-refractivity contribution in [3.05, 3.63) is 27.4 Å². The van der Waals surface area contributed by atoms with Gasteiger partial charge in [0.25, 0.3) is 5.56 Å². The molecule has 1 aromatic heterocycles. The van der Waals surface area contributed by atoms with Gasteiger partial charge in [-0.2, -0.15) is 0 Å². The van der Waals surface area contributed by atoms with Gasteiger partial charge in [0.05, 0.1) is 13.3 Å². The van der Waals surface area contributed by atoms with E-state index in [4.69, 9.17) is 27.4 Å². The molecule has 1 saturated heterocycles.